The predicted octanol–water partition coefficient (Wildman–Crippen LogP) is 1.47. The first-order valence-corrected chi connectivity index (χ1v) is 7.04. The standard InChI is InChI=1S/C16H19N3O4/c1-10(9-17)8-14(16(22)23-3)19-15(21)12-6-4-5-7-13(12)18-11(2)20/h4-7,10,14H,8H2,1-3H3,(H,18,20)(H,19,21)/t10-,14-/m0/s1. The summed E-state index contributed by atoms with van der Waals surface area (Å²) in [6.45, 7) is 2.98. The number of hydrogen-bond acceptors (Lipinski definition) is 5. The minimum absolute atomic E-state index is 0.136. The Balaban J connectivity index is 2.97. The molecule has 2 amide bonds. The van der Waals surface area contributed by atoms with Gasteiger partial charge in [0.2, 0.25) is 5.91 Å². The van der Waals surface area contributed by atoms with Gasteiger partial charge in [0.15, 0.2) is 0 Å². The molecule has 7 nitrogen and oxygen atoms in total. The molecule has 1 aromatic rings. The van der Waals surface area contributed by atoms with Gasteiger partial charge in [-0.05, 0) is 25.5 Å². The van der Waals surface area contributed by atoms with Crippen molar-refractivity contribution in [2.75, 3.05) is 12.4 Å². The number of carbonyl (C=O) groups is 3. The summed E-state index contributed by atoms with van der Waals surface area (Å²) in [5.74, 6) is -1.90. The summed E-state index contributed by atoms with van der Waals surface area (Å²) in [6, 6.07) is 7.51. The number of nitrogens with zero attached hydrogens (tertiary/aromatic N) is 1. The second kappa shape index (κ2) is 8.54. The van der Waals surface area contributed by atoms with Crippen LogP contribution in [-0.4, -0.2) is 30.9 Å². The fourth-order valence-electron chi connectivity index (χ4n) is 1.98. The molecular weight excluding hydrogens is 298 g/mol. The molecule has 0 fully saturated rings. The number of benzene rings is 1. The molecule has 7 heteroatoms. The molecule has 0 radical (unpaired) electrons. The molecule has 0 saturated carbocycles. The predicted molar refractivity (Wildman–Crippen MR) is 83.4 cm³/mol. The van der Waals surface area contributed by atoms with Crippen molar-refractivity contribution in [2.45, 2.75) is 26.3 Å². The Morgan fingerprint density at radius 3 is 2.52 bits per heavy atom. The third-order valence-corrected chi connectivity index (χ3v) is 3.08. The molecular formula is C16H19N3O4. The van der Waals surface area contributed by atoms with Gasteiger partial charge in [-0.25, -0.2) is 4.79 Å². The molecule has 2 N–H and O–H groups in total. The number of nitrogens with one attached hydrogen (secondary N) is 2. The van der Waals surface area contributed by atoms with Crippen LogP contribution in [0.3, 0.4) is 0 Å². The quantitative estimate of drug-likeness (QED) is 0.772. The molecule has 0 saturated heterocycles. The summed E-state index contributed by atoms with van der Waals surface area (Å²) >= 11 is 0. The molecule has 0 aromatic heterocycles. The van der Waals surface area contributed by atoms with Crippen LogP contribution in [0.4, 0.5) is 5.69 Å². The van der Waals surface area contributed by atoms with E-state index in [1.807, 2.05) is 6.07 Å². The summed E-state index contributed by atoms with van der Waals surface area (Å²) in [6.07, 6.45) is 0.136. The van der Waals surface area contributed by atoms with Gasteiger partial charge in [0.1, 0.15) is 6.04 Å². The molecule has 1 aromatic carbocycles. The number of esters is 1. The topological polar surface area (TPSA) is 108 Å². The fraction of sp³-hybridized carbons (Fsp3) is 0.375. The minimum atomic E-state index is -0.937. The molecule has 0 aliphatic carbocycles. The maximum absolute atomic E-state index is 12.4. The van der Waals surface area contributed by atoms with Crippen molar-refractivity contribution in [3.8, 4) is 6.07 Å². The van der Waals surface area contributed by atoms with E-state index in [0.717, 1.165) is 0 Å². The molecule has 1 rings (SSSR count). The summed E-state index contributed by atoms with van der Waals surface area (Å²) in [4.78, 5) is 35.4. The average Bonchev–Trinajstić information content (AvgIpc) is 2.53. The molecule has 23 heavy (non-hydrogen) atoms. The van der Waals surface area contributed by atoms with E-state index in [4.69, 9.17) is 5.26 Å². The Labute approximate surface area is 134 Å². The Morgan fingerprint density at radius 2 is 1.96 bits per heavy atom. The second-order valence-corrected chi connectivity index (χ2v) is 5.04. The van der Waals surface area contributed by atoms with Gasteiger partial charge >= 0.3 is 5.97 Å². The Morgan fingerprint density at radius 1 is 1.30 bits per heavy atom. The van der Waals surface area contributed by atoms with E-state index in [2.05, 4.69) is 15.4 Å². The molecule has 0 aliphatic heterocycles. The molecule has 0 aliphatic rings. The Hall–Kier alpha value is -2.88. The summed E-state index contributed by atoms with van der Waals surface area (Å²) in [5, 5.41) is 14.0. The van der Waals surface area contributed by atoms with E-state index in [-0.39, 0.29) is 17.9 Å². The van der Waals surface area contributed by atoms with Crippen molar-refractivity contribution < 1.29 is 19.1 Å². The van der Waals surface area contributed by atoms with Crippen LogP contribution in [0.2, 0.25) is 0 Å². The van der Waals surface area contributed by atoms with Gasteiger partial charge in [-0.3, -0.25) is 9.59 Å². The average molecular weight is 317 g/mol. The molecule has 0 unspecified atom stereocenters. The highest BCUT2D eigenvalue weighted by molar-refractivity contribution is 6.04. The van der Waals surface area contributed by atoms with E-state index in [9.17, 15) is 14.4 Å². The normalized spacial score (nSPS) is 12.4. The van der Waals surface area contributed by atoms with Gasteiger partial charge in [-0.15, -0.1) is 0 Å². The van der Waals surface area contributed by atoms with Gasteiger partial charge in [0, 0.05) is 12.8 Å². The van der Waals surface area contributed by atoms with Crippen LogP contribution in [-0.2, 0) is 14.3 Å². The molecule has 0 heterocycles. The maximum atomic E-state index is 12.4. The van der Waals surface area contributed by atoms with Crippen LogP contribution in [0, 0.1) is 17.2 Å². The zero-order valence-electron chi connectivity index (χ0n) is 13.3. The summed E-state index contributed by atoms with van der Waals surface area (Å²) in [7, 11) is 1.21. The lowest BCUT2D eigenvalue weighted by Crippen LogP contribution is -2.42. The monoisotopic (exact) mass is 317 g/mol. The van der Waals surface area contributed by atoms with E-state index in [0.29, 0.717) is 5.69 Å². The molecule has 0 spiro atoms. The number of anilines is 1. The highest BCUT2D eigenvalue weighted by Crippen LogP contribution is 2.16. The number of nitriles is 1. The smallest absolute Gasteiger partial charge is 0.328 e. The summed E-state index contributed by atoms with van der Waals surface area (Å²) in [5.41, 5.74) is 0.565. The zero-order chi connectivity index (χ0) is 17.4. The van der Waals surface area contributed by atoms with E-state index < -0.39 is 23.8 Å². The lowest BCUT2D eigenvalue weighted by Gasteiger charge is -2.18. The number of methoxy groups -OCH3 is 1. The molecule has 0 bridgehead atoms. The largest absolute Gasteiger partial charge is 0.467 e. The van der Waals surface area contributed by atoms with Crippen molar-refractivity contribution in [2.24, 2.45) is 5.92 Å². The van der Waals surface area contributed by atoms with Crippen LogP contribution in [0.1, 0.15) is 30.6 Å². The van der Waals surface area contributed by atoms with Crippen molar-refractivity contribution >= 4 is 23.5 Å². The highest BCUT2D eigenvalue weighted by Gasteiger charge is 2.25. The Bertz CT molecular complexity index is 636. The van der Waals surface area contributed by atoms with E-state index >= 15 is 0 Å². The van der Waals surface area contributed by atoms with E-state index in [1.165, 1.54) is 20.1 Å². The number of amides is 2. The number of carbonyl (C=O) groups excluding carboxylic acids is 3. The zero-order valence-corrected chi connectivity index (χ0v) is 13.3. The van der Waals surface area contributed by atoms with Crippen LogP contribution in [0.15, 0.2) is 24.3 Å². The first-order valence-electron chi connectivity index (χ1n) is 7.04. The number of hydrogen-bond donors (Lipinski definition) is 2. The van der Waals surface area contributed by atoms with Gasteiger partial charge < -0.3 is 15.4 Å². The Kier molecular flexibility index (Phi) is 6.74. The lowest BCUT2D eigenvalue weighted by molar-refractivity contribution is -0.143. The van der Waals surface area contributed by atoms with Crippen LogP contribution >= 0.6 is 0 Å². The first kappa shape index (κ1) is 18.2. The first-order chi connectivity index (χ1) is 10.9. The maximum Gasteiger partial charge on any atom is 0.328 e. The van der Waals surface area contributed by atoms with Crippen molar-refractivity contribution in [1.82, 2.24) is 5.32 Å². The van der Waals surface area contributed by atoms with Crippen molar-refractivity contribution in [3.05, 3.63) is 29.8 Å². The van der Waals surface area contributed by atoms with Crippen molar-refractivity contribution in [1.29, 1.82) is 5.26 Å². The molecule has 122 valence electrons. The van der Waals surface area contributed by atoms with Crippen molar-refractivity contribution in [3.63, 3.8) is 0 Å². The fourth-order valence-corrected chi connectivity index (χ4v) is 1.98. The number of rotatable bonds is 6. The van der Waals surface area contributed by atoms with Crippen LogP contribution in [0.5, 0.6) is 0 Å². The van der Waals surface area contributed by atoms with Gasteiger partial charge in [0.25, 0.3) is 5.91 Å². The van der Waals surface area contributed by atoms with E-state index in [1.54, 1.807) is 25.1 Å². The van der Waals surface area contributed by atoms with Crippen LogP contribution in [0.25, 0.3) is 0 Å². The van der Waals surface area contributed by atoms with Gasteiger partial charge in [-0.2, -0.15) is 5.26 Å². The minimum Gasteiger partial charge on any atom is -0.467 e. The number of ether oxygens (including phenoxy) is 1. The highest BCUT2D eigenvalue weighted by atomic mass is 16.5. The van der Waals surface area contributed by atoms with Crippen LogP contribution < -0.4 is 10.6 Å². The lowest BCUT2D eigenvalue weighted by atomic mass is 10.0. The molecule has 2 atom stereocenters. The third-order valence-electron chi connectivity index (χ3n) is 3.08. The van der Waals surface area contributed by atoms with Gasteiger partial charge in [-0.1, -0.05) is 12.1 Å². The second-order valence-electron chi connectivity index (χ2n) is 5.04. The van der Waals surface area contributed by atoms with Gasteiger partial charge in [0.05, 0.1) is 24.4 Å². The summed E-state index contributed by atoms with van der Waals surface area (Å²) < 4.78 is 4.66. The number of para-hydroxylation sites is 1. The SMILES string of the molecule is COC(=O)[C@H](C[C@H](C)C#N)NC(=O)c1ccccc1NC(C)=O. The third kappa shape index (κ3) is 5.43.